The molecule has 0 aliphatic carbocycles. The summed E-state index contributed by atoms with van der Waals surface area (Å²) in [6, 6.07) is 9.63. The van der Waals surface area contributed by atoms with Crippen LogP contribution < -0.4 is 10.1 Å². The van der Waals surface area contributed by atoms with Crippen LogP contribution in [0.3, 0.4) is 0 Å². The summed E-state index contributed by atoms with van der Waals surface area (Å²) >= 11 is 0. The van der Waals surface area contributed by atoms with E-state index in [2.05, 4.69) is 5.32 Å². The smallest absolute Gasteiger partial charge is 0.223 e. The van der Waals surface area contributed by atoms with E-state index in [4.69, 9.17) is 4.74 Å². The van der Waals surface area contributed by atoms with Crippen LogP contribution in [0, 0.1) is 0 Å². The van der Waals surface area contributed by atoms with Crippen LogP contribution in [0.25, 0.3) is 0 Å². The molecule has 1 aromatic carbocycles. The van der Waals surface area contributed by atoms with Gasteiger partial charge in [0.25, 0.3) is 0 Å². The Morgan fingerprint density at radius 2 is 2.06 bits per heavy atom. The standard InChI is InChI=1S/C14H22N2O2/c1-3-15-10-9-14(17)16(2)11-12-18-13-7-5-4-6-8-13/h4-8,15H,3,9-12H2,1-2H3. The molecule has 0 aromatic heterocycles. The summed E-state index contributed by atoms with van der Waals surface area (Å²) in [6.45, 7) is 4.79. The molecule has 0 saturated carbocycles. The molecule has 0 bridgehead atoms. The molecule has 1 N–H and O–H groups in total. The van der Waals surface area contributed by atoms with E-state index in [1.165, 1.54) is 0 Å². The van der Waals surface area contributed by atoms with E-state index < -0.39 is 0 Å². The van der Waals surface area contributed by atoms with Gasteiger partial charge in [-0.2, -0.15) is 0 Å². The average Bonchev–Trinajstić information content (AvgIpc) is 2.40. The normalized spacial score (nSPS) is 10.1. The maximum atomic E-state index is 11.7. The monoisotopic (exact) mass is 250 g/mol. The van der Waals surface area contributed by atoms with Crippen LogP contribution in [0.2, 0.25) is 0 Å². The van der Waals surface area contributed by atoms with Gasteiger partial charge in [0, 0.05) is 20.0 Å². The second-order valence-electron chi connectivity index (χ2n) is 4.08. The number of rotatable bonds is 8. The van der Waals surface area contributed by atoms with Gasteiger partial charge < -0.3 is 15.0 Å². The van der Waals surface area contributed by atoms with Crippen LogP contribution >= 0.6 is 0 Å². The van der Waals surface area contributed by atoms with Gasteiger partial charge in [0.15, 0.2) is 0 Å². The highest BCUT2D eigenvalue weighted by Crippen LogP contribution is 2.07. The van der Waals surface area contributed by atoms with Gasteiger partial charge in [-0.05, 0) is 18.7 Å². The van der Waals surface area contributed by atoms with E-state index in [-0.39, 0.29) is 5.91 Å². The number of hydrogen-bond donors (Lipinski definition) is 1. The van der Waals surface area contributed by atoms with Crippen LogP contribution in [0.5, 0.6) is 5.75 Å². The van der Waals surface area contributed by atoms with E-state index in [1.54, 1.807) is 4.90 Å². The minimum absolute atomic E-state index is 0.146. The van der Waals surface area contributed by atoms with Gasteiger partial charge in [-0.3, -0.25) is 4.79 Å². The Morgan fingerprint density at radius 1 is 1.33 bits per heavy atom. The predicted octanol–water partition coefficient (Wildman–Crippen LogP) is 1.52. The molecule has 0 aliphatic rings. The molecule has 4 nitrogen and oxygen atoms in total. The second-order valence-corrected chi connectivity index (χ2v) is 4.08. The van der Waals surface area contributed by atoms with Crippen molar-refractivity contribution in [2.75, 3.05) is 33.3 Å². The number of nitrogens with zero attached hydrogens (tertiary/aromatic N) is 1. The second kappa shape index (κ2) is 8.53. The Labute approximate surface area is 109 Å². The average molecular weight is 250 g/mol. The Morgan fingerprint density at radius 3 is 2.72 bits per heavy atom. The largest absolute Gasteiger partial charge is 0.492 e. The van der Waals surface area contributed by atoms with Crippen molar-refractivity contribution in [1.29, 1.82) is 0 Å². The fourth-order valence-electron chi connectivity index (χ4n) is 1.50. The van der Waals surface area contributed by atoms with Crippen molar-refractivity contribution in [3.05, 3.63) is 30.3 Å². The van der Waals surface area contributed by atoms with Crippen LogP contribution in [-0.4, -0.2) is 44.1 Å². The van der Waals surface area contributed by atoms with Crippen LogP contribution in [0.1, 0.15) is 13.3 Å². The van der Waals surface area contributed by atoms with E-state index in [0.29, 0.717) is 19.6 Å². The molecule has 1 rings (SSSR count). The third-order valence-electron chi connectivity index (χ3n) is 2.63. The van der Waals surface area contributed by atoms with Crippen molar-refractivity contribution in [1.82, 2.24) is 10.2 Å². The lowest BCUT2D eigenvalue weighted by molar-refractivity contribution is -0.130. The molecule has 0 spiro atoms. The van der Waals surface area contributed by atoms with Crippen LogP contribution in [-0.2, 0) is 4.79 Å². The summed E-state index contributed by atoms with van der Waals surface area (Å²) in [7, 11) is 1.81. The number of nitrogens with one attached hydrogen (secondary N) is 1. The van der Waals surface area contributed by atoms with Gasteiger partial charge in [-0.25, -0.2) is 0 Å². The van der Waals surface area contributed by atoms with Crippen molar-refractivity contribution in [3.8, 4) is 5.75 Å². The topological polar surface area (TPSA) is 41.6 Å². The lowest BCUT2D eigenvalue weighted by Gasteiger charge is -2.17. The summed E-state index contributed by atoms with van der Waals surface area (Å²) in [6.07, 6.45) is 0.537. The van der Waals surface area contributed by atoms with Crippen molar-refractivity contribution in [2.45, 2.75) is 13.3 Å². The van der Waals surface area contributed by atoms with Gasteiger partial charge in [0.2, 0.25) is 5.91 Å². The number of carbonyl (C=O) groups is 1. The predicted molar refractivity (Wildman–Crippen MR) is 72.7 cm³/mol. The van der Waals surface area contributed by atoms with Gasteiger partial charge in [-0.1, -0.05) is 25.1 Å². The molecule has 0 fully saturated rings. The first-order valence-electron chi connectivity index (χ1n) is 6.36. The van der Waals surface area contributed by atoms with Gasteiger partial charge in [-0.15, -0.1) is 0 Å². The third-order valence-corrected chi connectivity index (χ3v) is 2.63. The Kier molecular flexibility index (Phi) is 6.87. The zero-order chi connectivity index (χ0) is 13.2. The number of likely N-dealkylation sites (N-methyl/N-ethyl adjacent to an activating group) is 1. The number of benzene rings is 1. The molecular formula is C14H22N2O2. The zero-order valence-corrected chi connectivity index (χ0v) is 11.2. The molecule has 0 atom stereocenters. The first-order chi connectivity index (χ1) is 8.74. The highest BCUT2D eigenvalue weighted by Gasteiger charge is 2.07. The van der Waals surface area contributed by atoms with Crippen molar-refractivity contribution in [2.24, 2.45) is 0 Å². The Hall–Kier alpha value is -1.55. The first-order valence-corrected chi connectivity index (χ1v) is 6.36. The quantitative estimate of drug-likeness (QED) is 0.711. The van der Waals surface area contributed by atoms with Crippen molar-refractivity contribution < 1.29 is 9.53 Å². The third kappa shape index (κ3) is 5.68. The maximum absolute atomic E-state index is 11.7. The fourth-order valence-corrected chi connectivity index (χ4v) is 1.50. The lowest BCUT2D eigenvalue weighted by atomic mass is 10.3. The molecule has 0 unspecified atom stereocenters. The van der Waals surface area contributed by atoms with Crippen molar-refractivity contribution in [3.63, 3.8) is 0 Å². The number of hydrogen-bond acceptors (Lipinski definition) is 3. The maximum Gasteiger partial charge on any atom is 0.223 e. The van der Waals surface area contributed by atoms with E-state index >= 15 is 0 Å². The molecule has 0 radical (unpaired) electrons. The van der Waals surface area contributed by atoms with E-state index in [1.807, 2.05) is 44.3 Å². The summed E-state index contributed by atoms with van der Waals surface area (Å²) < 4.78 is 5.54. The summed E-state index contributed by atoms with van der Waals surface area (Å²) in [4.78, 5) is 13.4. The fraction of sp³-hybridized carbons (Fsp3) is 0.500. The van der Waals surface area contributed by atoms with Crippen LogP contribution in [0.4, 0.5) is 0 Å². The molecule has 4 heteroatoms. The molecular weight excluding hydrogens is 228 g/mol. The molecule has 0 aliphatic heterocycles. The molecule has 0 saturated heterocycles. The molecule has 1 aromatic rings. The number of para-hydroxylation sites is 1. The highest BCUT2D eigenvalue weighted by atomic mass is 16.5. The minimum Gasteiger partial charge on any atom is -0.492 e. The molecule has 1 amide bonds. The summed E-state index contributed by atoms with van der Waals surface area (Å²) in [5, 5.41) is 3.14. The molecule has 18 heavy (non-hydrogen) atoms. The summed E-state index contributed by atoms with van der Waals surface area (Å²) in [5.41, 5.74) is 0. The number of amides is 1. The summed E-state index contributed by atoms with van der Waals surface area (Å²) in [5.74, 6) is 0.985. The van der Waals surface area contributed by atoms with E-state index in [0.717, 1.165) is 18.8 Å². The Bertz CT molecular complexity index is 341. The lowest BCUT2D eigenvalue weighted by Crippen LogP contribution is -2.33. The van der Waals surface area contributed by atoms with Crippen LogP contribution in [0.15, 0.2) is 30.3 Å². The van der Waals surface area contributed by atoms with Gasteiger partial charge in [0.05, 0.1) is 6.54 Å². The van der Waals surface area contributed by atoms with Gasteiger partial charge >= 0.3 is 0 Å². The first kappa shape index (κ1) is 14.5. The van der Waals surface area contributed by atoms with Crippen molar-refractivity contribution >= 4 is 5.91 Å². The SMILES string of the molecule is CCNCCC(=O)N(C)CCOc1ccccc1. The molecule has 0 heterocycles. The number of carbonyl (C=O) groups excluding carboxylic acids is 1. The highest BCUT2D eigenvalue weighted by molar-refractivity contribution is 5.76. The zero-order valence-electron chi connectivity index (χ0n) is 11.2. The number of ether oxygens (including phenoxy) is 1. The van der Waals surface area contributed by atoms with Gasteiger partial charge in [0.1, 0.15) is 12.4 Å². The van der Waals surface area contributed by atoms with E-state index in [9.17, 15) is 4.79 Å². The molecule has 100 valence electrons. The minimum atomic E-state index is 0.146. The Balaban J connectivity index is 2.16.